The zero-order valence-electron chi connectivity index (χ0n) is 6.37. The van der Waals surface area contributed by atoms with E-state index in [0.29, 0.717) is 12.3 Å². The second kappa shape index (κ2) is 3.44. The number of hydrogen-bond donors (Lipinski definition) is 2. The van der Waals surface area contributed by atoms with Crippen molar-refractivity contribution in [2.24, 2.45) is 5.73 Å². The van der Waals surface area contributed by atoms with Crippen LogP contribution >= 0.6 is 0 Å². The predicted molar refractivity (Wildman–Crippen MR) is 38.7 cm³/mol. The molecule has 0 aliphatic heterocycles. The van der Waals surface area contributed by atoms with Crippen LogP contribution in [0, 0.1) is 11.6 Å². The lowest BCUT2D eigenvalue weighted by molar-refractivity contribution is -0.138. The molecule has 0 radical (unpaired) electrons. The maximum Gasteiger partial charge on any atom is 0.326 e. The Bertz CT molecular complexity index is 343. The van der Waals surface area contributed by atoms with Gasteiger partial charge in [0.2, 0.25) is 0 Å². The van der Waals surface area contributed by atoms with Gasteiger partial charge < -0.3 is 10.8 Å². The molecule has 1 unspecified atom stereocenters. The molecule has 0 saturated carbocycles. The minimum atomic E-state index is -1.57. The number of nitrogens with two attached hydrogens (primary N) is 1. The van der Waals surface area contributed by atoms with Gasteiger partial charge in [0.15, 0.2) is 0 Å². The van der Waals surface area contributed by atoms with Gasteiger partial charge in [-0.3, -0.25) is 9.78 Å². The number of halogens is 2. The summed E-state index contributed by atoms with van der Waals surface area (Å²) in [6.07, 6.45) is 0.710. The Morgan fingerprint density at radius 2 is 2.23 bits per heavy atom. The molecule has 13 heavy (non-hydrogen) atoms. The first-order chi connectivity index (χ1) is 6.02. The van der Waals surface area contributed by atoms with E-state index < -0.39 is 29.3 Å². The second-order valence-electron chi connectivity index (χ2n) is 2.34. The lowest BCUT2D eigenvalue weighted by Gasteiger charge is -2.05. The van der Waals surface area contributed by atoms with Crippen molar-refractivity contribution in [1.82, 2.24) is 4.98 Å². The predicted octanol–water partition coefficient (Wildman–Crippen LogP) is 0.444. The molecule has 1 aromatic heterocycles. The monoisotopic (exact) mass is 188 g/mol. The highest BCUT2D eigenvalue weighted by Gasteiger charge is 2.20. The SMILES string of the molecule is NC(C(=O)O)c1ncc(F)cc1F. The topological polar surface area (TPSA) is 76.2 Å². The summed E-state index contributed by atoms with van der Waals surface area (Å²) in [6, 6.07) is -1.04. The highest BCUT2D eigenvalue weighted by atomic mass is 19.1. The third-order valence-electron chi connectivity index (χ3n) is 1.40. The van der Waals surface area contributed by atoms with Gasteiger partial charge in [0.05, 0.1) is 6.20 Å². The third kappa shape index (κ3) is 1.97. The molecular weight excluding hydrogens is 182 g/mol. The summed E-state index contributed by atoms with van der Waals surface area (Å²) in [5.41, 5.74) is 4.59. The average Bonchev–Trinajstić information content (AvgIpc) is 2.03. The molecule has 0 amide bonds. The molecule has 6 heteroatoms. The first kappa shape index (κ1) is 9.53. The standard InChI is InChI=1S/C7H6F2N2O2/c8-3-1-4(9)6(11-2-3)5(10)7(12)13/h1-2,5H,10H2,(H,12,13). The van der Waals surface area contributed by atoms with Gasteiger partial charge in [0.25, 0.3) is 0 Å². The highest BCUT2D eigenvalue weighted by Crippen LogP contribution is 2.12. The molecule has 0 saturated heterocycles. The normalized spacial score (nSPS) is 12.5. The van der Waals surface area contributed by atoms with Crippen LogP contribution in [0.4, 0.5) is 8.78 Å². The fraction of sp³-hybridized carbons (Fsp3) is 0.143. The van der Waals surface area contributed by atoms with Gasteiger partial charge in [-0.15, -0.1) is 0 Å². The zero-order chi connectivity index (χ0) is 10.0. The first-order valence-corrected chi connectivity index (χ1v) is 3.31. The smallest absolute Gasteiger partial charge is 0.326 e. The van der Waals surface area contributed by atoms with Crippen LogP contribution in [-0.2, 0) is 4.79 Å². The van der Waals surface area contributed by atoms with Crippen molar-refractivity contribution in [3.8, 4) is 0 Å². The quantitative estimate of drug-likeness (QED) is 0.706. The number of carboxylic acids is 1. The lowest BCUT2D eigenvalue weighted by Crippen LogP contribution is -2.23. The van der Waals surface area contributed by atoms with Crippen LogP contribution in [0.1, 0.15) is 11.7 Å². The third-order valence-corrected chi connectivity index (χ3v) is 1.40. The van der Waals surface area contributed by atoms with E-state index in [-0.39, 0.29) is 0 Å². The Morgan fingerprint density at radius 3 is 2.69 bits per heavy atom. The van der Waals surface area contributed by atoms with E-state index in [1.807, 2.05) is 0 Å². The van der Waals surface area contributed by atoms with Crippen LogP contribution in [0.5, 0.6) is 0 Å². The summed E-state index contributed by atoms with van der Waals surface area (Å²) in [4.78, 5) is 13.6. The Morgan fingerprint density at radius 1 is 1.62 bits per heavy atom. The van der Waals surface area contributed by atoms with Gasteiger partial charge >= 0.3 is 5.97 Å². The summed E-state index contributed by atoms with van der Waals surface area (Å²) < 4.78 is 25.1. The number of aliphatic carboxylic acids is 1. The number of carboxylic acid groups (broad SMARTS) is 1. The van der Waals surface area contributed by atoms with Crippen LogP contribution in [0.3, 0.4) is 0 Å². The Hall–Kier alpha value is -1.56. The first-order valence-electron chi connectivity index (χ1n) is 3.31. The van der Waals surface area contributed by atoms with Crippen molar-refractivity contribution in [2.45, 2.75) is 6.04 Å². The Labute approximate surface area is 72.0 Å². The molecular formula is C7H6F2N2O2. The van der Waals surface area contributed by atoms with Gasteiger partial charge in [-0.05, 0) is 0 Å². The van der Waals surface area contributed by atoms with E-state index in [1.54, 1.807) is 0 Å². The second-order valence-corrected chi connectivity index (χ2v) is 2.34. The Kier molecular flexibility index (Phi) is 2.52. The molecule has 70 valence electrons. The molecule has 0 aliphatic rings. The van der Waals surface area contributed by atoms with Crippen molar-refractivity contribution in [3.05, 3.63) is 29.6 Å². The summed E-state index contributed by atoms with van der Waals surface area (Å²) in [5.74, 6) is -3.35. The molecule has 1 heterocycles. The Balaban J connectivity index is 3.08. The van der Waals surface area contributed by atoms with E-state index in [0.717, 1.165) is 0 Å². The molecule has 0 aliphatic carbocycles. The fourth-order valence-corrected chi connectivity index (χ4v) is 0.771. The molecule has 1 aromatic rings. The number of hydrogen-bond acceptors (Lipinski definition) is 3. The molecule has 0 fully saturated rings. The van der Waals surface area contributed by atoms with Crippen molar-refractivity contribution >= 4 is 5.97 Å². The van der Waals surface area contributed by atoms with Gasteiger partial charge in [0, 0.05) is 6.07 Å². The minimum absolute atomic E-state index is 0.478. The molecule has 1 rings (SSSR count). The highest BCUT2D eigenvalue weighted by molar-refractivity contribution is 5.74. The number of rotatable bonds is 2. The molecule has 0 bridgehead atoms. The number of carbonyl (C=O) groups is 1. The summed E-state index contributed by atoms with van der Waals surface area (Å²) in [7, 11) is 0. The molecule has 0 aromatic carbocycles. The molecule has 3 N–H and O–H groups in total. The number of pyridine rings is 1. The van der Waals surface area contributed by atoms with Crippen molar-refractivity contribution in [1.29, 1.82) is 0 Å². The average molecular weight is 188 g/mol. The van der Waals surface area contributed by atoms with E-state index in [4.69, 9.17) is 10.8 Å². The van der Waals surface area contributed by atoms with E-state index in [2.05, 4.69) is 4.98 Å². The van der Waals surface area contributed by atoms with Crippen LogP contribution in [0.25, 0.3) is 0 Å². The fourth-order valence-electron chi connectivity index (χ4n) is 0.771. The summed E-state index contributed by atoms with van der Waals surface area (Å²) in [6.45, 7) is 0. The summed E-state index contributed by atoms with van der Waals surface area (Å²) in [5, 5.41) is 8.40. The maximum absolute atomic E-state index is 12.8. The maximum atomic E-state index is 12.8. The van der Waals surface area contributed by atoms with Crippen LogP contribution < -0.4 is 5.73 Å². The van der Waals surface area contributed by atoms with Gasteiger partial charge in [-0.2, -0.15) is 0 Å². The van der Waals surface area contributed by atoms with Gasteiger partial charge in [-0.25, -0.2) is 8.78 Å². The van der Waals surface area contributed by atoms with E-state index in [1.165, 1.54) is 0 Å². The molecule has 4 nitrogen and oxygen atoms in total. The van der Waals surface area contributed by atoms with Crippen molar-refractivity contribution < 1.29 is 18.7 Å². The van der Waals surface area contributed by atoms with Crippen LogP contribution in [0.2, 0.25) is 0 Å². The van der Waals surface area contributed by atoms with E-state index >= 15 is 0 Å². The van der Waals surface area contributed by atoms with Crippen molar-refractivity contribution in [3.63, 3.8) is 0 Å². The van der Waals surface area contributed by atoms with Crippen LogP contribution in [-0.4, -0.2) is 16.1 Å². The largest absolute Gasteiger partial charge is 0.480 e. The van der Waals surface area contributed by atoms with Gasteiger partial charge in [0.1, 0.15) is 23.4 Å². The lowest BCUT2D eigenvalue weighted by atomic mass is 10.2. The molecule has 0 spiro atoms. The zero-order valence-corrected chi connectivity index (χ0v) is 6.37. The minimum Gasteiger partial charge on any atom is -0.480 e. The van der Waals surface area contributed by atoms with Gasteiger partial charge in [-0.1, -0.05) is 0 Å². The van der Waals surface area contributed by atoms with E-state index in [9.17, 15) is 13.6 Å². The number of nitrogens with zero attached hydrogens (tertiary/aromatic N) is 1. The van der Waals surface area contributed by atoms with Crippen LogP contribution in [0.15, 0.2) is 12.3 Å². The number of aromatic nitrogens is 1. The molecule has 1 atom stereocenters. The summed E-state index contributed by atoms with van der Waals surface area (Å²) >= 11 is 0. The van der Waals surface area contributed by atoms with Crippen molar-refractivity contribution in [2.75, 3.05) is 0 Å².